The third-order valence-corrected chi connectivity index (χ3v) is 4.14. The molecule has 0 aromatic rings. The Balaban J connectivity index is 2.01. The van der Waals surface area contributed by atoms with E-state index in [0.29, 0.717) is 11.2 Å². The highest BCUT2D eigenvalue weighted by Crippen LogP contribution is 2.31. The third kappa shape index (κ3) is 2.85. The maximum absolute atomic E-state index is 12.1. The number of hydrogen-bond acceptors (Lipinski definition) is 2. The summed E-state index contributed by atoms with van der Waals surface area (Å²) in [6.45, 7) is 6.92. The molecule has 1 heterocycles. The van der Waals surface area contributed by atoms with Crippen LogP contribution in [0.3, 0.4) is 0 Å². The molecule has 0 spiro atoms. The Morgan fingerprint density at radius 1 is 1.19 bits per heavy atom. The normalized spacial score (nSPS) is 32.4. The molecule has 0 N–H and O–H groups in total. The third-order valence-electron chi connectivity index (χ3n) is 4.14. The molecule has 1 saturated carbocycles. The summed E-state index contributed by atoms with van der Waals surface area (Å²) < 4.78 is 0. The second kappa shape index (κ2) is 4.87. The van der Waals surface area contributed by atoms with Gasteiger partial charge in [0.15, 0.2) is 0 Å². The standard InChI is InChI=1S/C14H25NO/c1-14(2)9-6-10-15(11-14)12-7-4-3-5-8-13(12)16/h12H,3-11H2,1-2H3. The Hall–Kier alpha value is -0.370. The highest BCUT2D eigenvalue weighted by molar-refractivity contribution is 5.84. The molecule has 0 radical (unpaired) electrons. The smallest absolute Gasteiger partial charge is 0.149 e. The lowest BCUT2D eigenvalue weighted by Gasteiger charge is -2.41. The van der Waals surface area contributed by atoms with Gasteiger partial charge in [-0.25, -0.2) is 0 Å². The van der Waals surface area contributed by atoms with E-state index in [1.165, 1.54) is 25.7 Å². The van der Waals surface area contributed by atoms with Crippen molar-refractivity contribution in [3.8, 4) is 0 Å². The predicted molar refractivity (Wildman–Crippen MR) is 66.5 cm³/mol. The fourth-order valence-corrected chi connectivity index (χ4v) is 3.26. The van der Waals surface area contributed by atoms with Crippen LogP contribution in [0, 0.1) is 5.41 Å². The zero-order chi connectivity index (χ0) is 11.6. The predicted octanol–water partition coefficient (Wildman–Crippen LogP) is 3.01. The van der Waals surface area contributed by atoms with Crippen LogP contribution in [-0.4, -0.2) is 29.8 Å². The van der Waals surface area contributed by atoms with Crippen LogP contribution in [0.25, 0.3) is 0 Å². The highest BCUT2D eigenvalue weighted by Gasteiger charge is 2.33. The van der Waals surface area contributed by atoms with Crippen LogP contribution in [0.1, 0.15) is 58.8 Å². The Bertz CT molecular complexity index is 259. The number of piperidine rings is 1. The maximum atomic E-state index is 12.1. The Morgan fingerprint density at radius 3 is 2.75 bits per heavy atom. The van der Waals surface area contributed by atoms with Crippen LogP contribution in [0.2, 0.25) is 0 Å². The molecule has 2 rings (SSSR count). The number of hydrogen-bond donors (Lipinski definition) is 0. The molecule has 1 unspecified atom stereocenters. The van der Waals surface area contributed by atoms with Crippen LogP contribution < -0.4 is 0 Å². The van der Waals surface area contributed by atoms with Crippen molar-refractivity contribution in [2.75, 3.05) is 13.1 Å². The van der Waals surface area contributed by atoms with Crippen molar-refractivity contribution in [2.24, 2.45) is 5.41 Å². The van der Waals surface area contributed by atoms with Gasteiger partial charge in [-0.15, -0.1) is 0 Å². The van der Waals surface area contributed by atoms with E-state index < -0.39 is 0 Å². The van der Waals surface area contributed by atoms with Crippen LogP contribution in [0.4, 0.5) is 0 Å². The summed E-state index contributed by atoms with van der Waals surface area (Å²) in [4.78, 5) is 14.6. The van der Waals surface area contributed by atoms with Gasteiger partial charge in [-0.3, -0.25) is 9.69 Å². The van der Waals surface area contributed by atoms with E-state index in [1.54, 1.807) is 0 Å². The number of nitrogens with zero attached hydrogens (tertiary/aromatic N) is 1. The molecule has 16 heavy (non-hydrogen) atoms. The molecule has 0 amide bonds. The Morgan fingerprint density at radius 2 is 2.00 bits per heavy atom. The number of carbonyl (C=O) groups excluding carboxylic acids is 1. The van der Waals surface area contributed by atoms with Crippen molar-refractivity contribution < 1.29 is 4.79 Å². The molecule has 1 atom stereocenters. The van der Waals surface area contributed by atoms with Crippen molar-refractivity contribution in [3.05, 3.63) is 0 Å². The summed E-state index contributed by atoms with van der Waals surface area (Å²) in [5, 5.41) is 0. The summed E-state index contributed by atoms with van der Waals surface area (Å²) in [6, 6.07) is 0.252. The average molecular weight is 223 g/mol. The molecule has 0 bridgehead atoms. The largest absolute Gasteiger partial charge is 0.298 e. The minimum Gasteiger partial charge on any atom is -0.298 e. The van der Waals surface area contributed by atoms with Gasteiger partial charge in [0.25, 0.3) is 0 Å². The van der Waals surface area contributed by atoms with Crippen LogP contribution >= 0.6 is 0 Å². The molecule has 1 aliphatic carbocycles. The summed E-state index contributed by atoms with van der Waals surface area (Å²) in [7, 11) is 0. The van der Waals surface area contributed by atoms with Crippen molar-refractivity contribution in [3.63, 3.8) is 0 Å². The second-order valence-corrected chi connectivity index (χ2v) is 6.32. The minimum atomic E-state index is 0.252. The summed E-state index contributed by atoms with van der Waals surface area (Å²) in [5.41, 5.74) is 0.408. The summed E-state index contributed by atoms with van der Waals surface area (Å²) >= 11 is 0. The topological polar surface area (TPSA) is 20.3 Å². The fourth-order valence-electron chi connectivity index (χ4n) is 3.26. The van der Waals surface area contributed by atoms with Crippen LogP contribution in [0.5, 0.6) is 0 Å². The lowest BCUT2D eigenvalue weighted by molar-refractivity contribution is -0.125. The number of likely N-dealkylation sites (tertiary alicyclic amines) is 1. The molecular weight excluding hydrogens is 198 g/mol. The lowest BCUT2D eigenvalue weighted by atomic mass is 9.83. The van der Waals surface area contributed by atoms with Gasteiger partial charge in [0.05, 0.1) is 6.04 Å². The molecule has 1 aliphatic heterocycles. The van der Waals surface area contributed by atoms with Crippen molar-refractivity contribution in [2.45, 2.75) is 64.8 Å². The molecule has 0 aromatic heterocycles. The zero-order valence-electron chi connectivity index (χ0n) is 10.8. The Kier molecular flexibility index (Phi) is 3.68. The van der Waals surface area contributed by atoms with Crippen LogP contribution in [0.15, 0.2) is 0 Å². The van der Waals surface area contributed by atoms with Gasteiger partial charge in [-0.1, -0.05) is 26.7 Å². The molecular formula is C14H25NO. The first-order valence-corrected chi connectivity index (χ1v) is 6.85. The summed E-state index contributed by atoms with van der Waals surface area (Å²) in [5.74, 6) is 0.509. The highest BCUT2D eigenvalue weighted by atomic mass is 16.1. The molecule has 2 aliphatic rings. The molecule has 92 valence electrons. The first kappa shape index (κ1) is 12.1. The SMILES string of the molecule is CC1(C)CCCN(C2CCCCCC2=O)C1. The van der Waals surface area contributed by atoms with E-state index in [9.17, 15) is 4.79 Å². The summed E-state index contributed by atoms with van der Waals surface area (Å²) in [6.07, 6.45) is 8.11. The Labute approximate surface area is 99.4 Å². The minimum absolute atomic E-state index is 0.252. The second-order valence-electron chi connectivity index (χ2n) is 6.32. The van der Waals surface area contributed by atoms with Gasteiger partial charge in [-0.2, -0.15) is 0 Å². The first-order chi connectivity index (χ1) is 7.58. The van der Waals surface area contributed by atoms with Crippen LogP contribution in [-0.2, 0) is 4.79 Å². The van der Waals surface area contributed by atoms with Gasteiger partial charge in [0, 0.05) is 13.0 Å². The van der Waals surface area contributed by atoms with E-state index in [-0.39, 0.29) is 6.04 Å². The quantitative estimate of drug-likeness (QED) is 0.637. The molecule has 2 nitrogen and oxygen atoms in total. The fraction of sp³-hybridized carbons (Fsp3) is 0.929. The maximum Gasteiger partial charge on any atom is 0.149 e. The number of carbonyl (C=O) groups is 1. The first-order valence-electron chi connectivity index (χ1n) is 6.85. The molecule has 1 saturated heterocycles. The zero-order valence-corrected chi connectivity index (χ0v) is 10.8. The lowest BCUT2D eigenvalue weighted by Crippen LogP contribution is -2.48. The monoisotopic (exact) mass is 223 g/mol. The average Bonchev–Trinajstić information content (AvgIpc) is 2.41. The van der Waals surface area contributed by atoms with Gasteiger partial charge in [-0.05, 0) is 37.6 Å². The van der Waals surface area contributed by atoms with Crippen molar-refractivity contribution in [1.29, 1.82) is 0 Å². The van der Waals surface area contributed by atoms with E-state index >= 15 is 0 Å². The van der Waals surface area contributed by atoms with Crippen molar-refractivity contribution >= 4 is 5.78 Å². The van der Waals surface area contributed by atoms with Crippen molar-refractivity contribution in [1.82, 2.24) is 4.90 Å². The van der Waals surface area contributed by atoms with E-state index in [2.05, 4.69) is 18.7 Å². The van der Waals surface area contributed by atoms with E-state index in [1.807, 2.05) is 0 Å². The molecule has 2 fully saturated rings. The van der Waals surface area contributed by atoms with Gasteiger partial charge in [0.1, 0.15) is 5.78 Å². The molecule has 0 aromatic carbocycles. The van der Waals surface area contributed by atoms with Gasteiger partial charge >= 0.3 is 0 Å². The van der Waals surface area contributed by atoms with E-state index in [4.69, 9.17) is 0 Å². The van der Waals surface area contributed by atoms with Gasteiger partial charge < -0.3 is 0 Å². The number of rotatable bonds is 1. The molecule has 2 heteroatoms. The number of Topliss-reactive ketones (excluding diaryl/α,β-unsaturated/α-hetero) is 1. The van der Waals surface area contributed by atoms with Gasteiger partial charge in [0.2, 0.25) is 0 Å². The number of ketones is 1. The van der Waals surface area contributed by atoms with E-state index in [0.717, 1.165) is 32.4 Å².